The van der Waals surface area contributed by atoms with Gasteiger partial charge < -0.3 is 9.88 Å². The monoisotopic (exact) mass is 664 g/mol. The van der Waals surface area contributed by atoms with Crippen LogP contribution in [0, 0.1) is 13.8 Å². The Kier molecular flexibility index (Phi) is 6.24. The van der Waals surface area contributed by atoms with Gasteiger partial charge in [-0.3, -0.25) is 0 Å². The molecule has 0 saturated heterocycles. The predicted molar refractivity (Wildman–Crippen MR) is 220 cm³/mol. The second-order valence-corrected chi connectivity index (χ2v) is 17.3. The summed E-state index contributed by atoms with van der Waals surface area (Å²) in [4.78, 5) is 0. The third-order valence-electron chi connectivity index (χ3n) is 12.0. The molecule has 0 amide bonds. The van der Waals surface area contributed by atoms with Gasteiger partial charge in [0.15, 0.2) is 7.28 Å². The number of nitrogens with one attached hydrogen (secondary N) is 1. The van der Waals surface area contributed by atoms with E-state index in [1.54, 1.807) is 0 Å². The van der Waals surface area contributed by atoms with Crippen molar-refractivity contribution in [2.24, 2.45) is 0 Å². The maximum Gasteiger partial charge on any atom is 0.198 e. The topological polar surface area (TPSA) is 17.0 Å². The quantitative estimate of drug-likeness (QED) is 0.186. The number of anilines is 2. The summed E-state index contributed by atoms with van der Waals surface area (Å²) in [5, 5.41) is 9.41. The van der Waals surface area contributed by atoms with Crippen LogP contribution in [-0.2, 0) is 10.8 Å². The molecule has 0 spiro atoms. The predicted octanol–water partition coefficient (Wildman–Crippen LogP) is 11.2. The average molecular weight is 665 g/mol. The van der Waals surface area contributed by atoms with Crippen LogP contribution in [0.25, 0.3) is 58.8 Å². The Bertz CT molecular complexity index is 2740. The molecule has 0 radical (unpaired) electrons. The molecule has 2 nitrogen and oxygen atoms in total. The van der Waals surface area contributed by atoms with Crippen LogP contribution in [0.1, 0.15) is 62.8 Å². The molecule has 0 atom stereocenters. The van der Waals surface area contributed by atoms with Crippen molar-refractivity contribution in [3.05, 3.63) is 125 Å². The fourth-order valence-electron chi connectivity index (χ4n) is 9.24. The Morgan fingerprint density at radius 3 is 2.22 bits per heavy atom. The first-order valence-electron chi connectivity index (χ1n) is 18.1. The number of para-hydroxylation sites is 2. The Labute approximate surface area is 299 Å². The molecule has 0 unspecified atom stereocenters. The Morgan fingerprint density at radius 2 is 1.40 bits per heavy atom. The lowest BCUT2D eigenvalue weighted by atomic mass is 9.59. The summed E-state index contributed by atoms with van der Waals surface area (Å²) in [6, 6.07) is 39.2. The van der Waals surface area contributed by atoms with Crippen LogP contribution in [0.2, 0.25) is 0 Å². The second-order valence-electron chi connectivity index (χ2n) is 16.2. The first-order valence-corrected chi connectivity index (χ1v) is 18.9. The highest BCUT2D eigenvalue weighted by molar-refractivity contribution is 7.26. The number of nitrogens with zero attached hydrogens (tertiary/aromatic N) is 1. The van der Waals surface area contributed by atoms with Crippen LogP contribution >= 0.6 is 11.3 Å². The number of hydrogen-bond donors (Lipinski definition) is 1. The molecule has 1 aliphatic carbocycles. The maximum absolute atomic E-state index is 4.08. The zero-order valence-corrected chi connectivity index (χ0v) is 30.6. The van der Waals surface area contributed by atoms with Crippen molar-refractivity contribution in [1.29, 1.82) is 0 Å². The van der Waals surface area contributed by atoms with Crippen molar-refractivity contribution < 1.29 is 0 Å². The molecule has 244 valence electrons. The van der Waals surface area contributed by atoms with Crippen LogP contribution in [0.5, 0.6) is 0 Å². The number of aryl methyl sites for hydroxylation is 2. The minimum absolute atomic E-state index is 0.140. The summed E-state index contributed by atoms with van der Waals surface area (Å²) in [6.07, 6.45) is 2.42. The van der Waals surface area contributed by atoms with Gasteiger partial charge in [-0.1, -0.05) is 106 Å². The summed E-state index contributed by atoms with van der Waals surface area (Å²) < 4.78 is 5.23. The maximum atomic E-state index is 4.08. The van der Waals surface area contributed by atoms with Gasteiger partial charge in [0.1, 0.15) is 0 Å². The van der Waals surface area contributed by atoms with E-state index < -0.39 is 0 Å². The van der Waals surface area contributed by atoms with Crippen molar-refractivity contribution in [2.75, 3.05) is 5.32 Å². The molecule has 50 heavy (non-hydrogen) atoms. The molecule has 0 bridgehead atoms. The third-order valence-corrected chi connectivity index (χ3v) is 13.2. The number of hydrogen-bond acceptors (Lipinski definition) is 2. The molecule has 0 fully saturated rings. The number of rotatable bonds is 3. The van der Waals surface area contributed by atoms with Crippen molar-refractivity contribution in [3.63, 3.8) is 0 Å². The van der Waals surface area contributed by atoms with E-state index in [1.165, 1.54) is 116 Å². The fourth-order valence-corrected chi connectivity index (χ4v) is 10.5. The van der Waals surface area contributed by atoms with Gasteiger partial charge in [-0.15, -0.1) is 11.3 Å². The number of aromatic nitrogens is 1. The molecule has 3 heterocycles. The number of benzene rings is 6. The van der Waals surface area contributed by atoms with Gasteiger partial charge in [0.25, 0.3) is 0 Å². The molecule has 10 rings (SSSR count). The van der Waals surface area contributed by atoms with Crippen LogP contribution in [0.4, 0.5) is 11.4 Å². The van der Waals surface area contributed by atoms with Gasteiger partial charge in [0.2, 0.25) is 0 Å². The van der Waals surface area contributed by atoms with E-state index in [-0.39, 0.29) is 10.8 Å². The molecule has 1 aliphatic heterocycles. The average Bonchev–Trinajstić information content (AvgIpc) is 3.65. The lowest BCUT2D eigenvalue weighted by Gasteiger charge is -2.42. The molecule has 6 aromatic carbocycles. The molecular formula is C46H41BN2S. The molecule has 2 aromatic heterocycles. The Balaban J connectivity index is 1.26. The highest BCUT2D eigenvalue weighted by Crippen LogP contribution is 2.49. The van der Waals surface area contributed by atoms with Gasteiger partial charge in [0.05, 0.1) is 5.52 Å². The second kappa shape index (κ2) is 10.4. The summed E-state index contributed by atoms with van der Waals surface area (Å²) in [7, 11) is 0.903. The molecule has 4 heteroatoms. The summed E-state index contributed by atoms with van der Waals surface area (Å²) in [5.74, 6) is 0. The van der Waals surface area contributed by atoms with E-state index in [1.807, 2.05) is 11.3 Å². The van der Waals surface area contributed by atoms with Crippen molar-refractivity contribution in [1.82, 2.24) is 4.57 Å². The largest absolute Gasteiger partial charge is 0.355 e. The SMILES string of the molecule is Cc1cc(-c2c(Nc3cc4c(cc3C)C(C)(C)CCC4(C)C)ccc3c2sc2ccccc23)c2c(c1)-n1c3ccccc3c3cccc(c31)B2. The van der Waals surface area contributed by atoms with E-state index in [9.17, 15) is 0 Å². The van der Waals surface area contributed by atoms with Crippen molar-refractivity contribution in [2.45, 2.75) is 65.2 Å². The van der Waals surface area contributed by atoms with E-state index in [0.717, 1.165) is 7.28 Å². The van der Waals surface area contributed by atoms with E-state index in [0.29, 0.717) is 0 Å². The summed E-state index contributed by atoms with van der Waals surface area (Å²) in [6.45, 7) is 14.2. The van der Waals surface area contributed by atoms with Gasteiger partial charge >= 0.3 is 0 Å². The highest BCUT2D eigenvalue weighted by atomic mass is 32.1. The molecule has 0 saturated carbocycles. The molecular weight excluding hydrogens is 623 g/mol. The third kappa shape index (κ3) is 4.21. The number of thiophene rings is 1. The molecule has 2 aliphatic rings. The van der Waals surface area contributed by atoms with Gasteiger partial charge in [-0.25, -0.2) is 0 Å². The van der Waals surface area contributed by atoms with Gasteiger partial charge in [0, 0.05) is 59.1 Å². The van der Waals surface area contributed by atoms with Crippen LogP contribution < -0.4 is 16.2 Å². The lowest BCUT2D eigenvalue weighted by molar-refractivity contribution is 0.332. The first kappa shape index (κ1) is 30.1. The Morgan fingerprint density at radius 1 is 0.680 bits per heavy atom. The summed E-state index contributed by atoms with van der Waals surface area (Å²) in [5.41, 5.74) is 17.7. The van der Waals surface area contributed by atoms with Crippen LogP contribution in [0.15, 0.2) is 103 Å². The molecule has 8 aromatic rings. The van der Waals surface area contributed by atoms with E-state index >= 15 is 0 Å². The zero-order valence-electron chi connectivity index (χ0n) is 29.8. The standard InChI is InChI=1S/C46H41BN2S/c1-26-22-32(42-39(23-26)49-38-16-9-7-12-28(38)30-14-11-15-35(47-42)43(30)49)41-36(19-18-31-29-13-8-10-17-40(29)50-44(31)41)48-37-25-34-33(24-27(37)2)45(3,4)20-21-46(34,5)6/h7-19,22-25,47-48H,20-21H2,1-6H3. The smallest absolute Gasteiger partial charge is 0.198 e. The summed E-state index contributed by atoms with van der Waals surface area (Å²) >= 11 is 1.93. The normalized spacial score (nSPS) is 15.7. The van der Waals surface area contributed by atoms with Gasteiger partial charge in [-0.2, -0.15) is 0 Å². The minimum atomic E-state index is 0.140. The first-order chi connectivity index (χ1) is 24.1. The van der Waals surface area contributed by atoms with Gasteiger partial charge in [-0.05, 0) is 101 Å². The fraction of sp³-hybridized carbons (Fsp3) is 0.217. The lowest BCUT2D eigenvalue weighted by Crippen LogP contribution is -2.37. The van der Waals surface area contributed by atoms with E-state index in [4.69, 9.17) is 0 Å². The molecule has 1 N–H and O–H groups in total. The van der Waals surface area contributed by atoms with Crippen LogP contribution in [-0.4, -0.2) is 11.8 Å². The van der Waals surface area contributed by atoms with E-state index in [2.05, 4.69) is 155 Å². The zero-order chi connectivity index (χ0) is 34.1. The highest BCUT2D eigenvalue weighted by Gasteiger charge is 2.37. The van der Waals surface area contributed by atoms with Crippen molar-refractivity contribution in [3.8, 4) is 16.8 Å². The van der Waals surface area contributed by atoms with Crippen LogP contribution in [0.3, 0.4) is 0 Å². The van der Waals surface area contributed by atoms with Crippen molar-refractivity contribution >= 4 is 82.9 Å². The minimum Gasteiger partial charge on any atom is -0.355 e. The number of fused-ring (bicyclic) bond motifs is 9. The Hall–Kier alpha value is -4.80.